The lowest BCUT2D eigenvalue weighted by Gasteiger charge is -2.21. The summed E-state index contributed by atoms with van der Waals surface area (Å²) in [4.78, 5) is 25.1. The van der Waals surface area contributed by atoms with E-state index in [1.165, 1.54) is 12.3 Å². The van der Waals surface area contributed by atoms with Crippen molar-refractivity contribution in [2.24, 2.45) is 0 Å². The number of aromatic amines is 1. The Hall–Kier alpha value is -2.70. The van der Waals surface area contributed by atoms with Gasteiger partial charge in [0.1, 0.15) is 11.4 Å². The van der Waals surface area contributed by atoms with Gasteiger partial charge in [0.15, 0.2) is 5.76 Å². The van der Waals surface area contributed by atoms with E-state index in [1.807, 2.05) is 0 Å². The highest BCUT2D eigenvalue weighted by Gasteiger charge is 2.33. The number of aromatic nitrogens is 1. The summed E-state index contributed by atoms with van der Waals surface area (Å²) in [6.07, 6.45) is 0.506. The van der Waals surface area contributed by atoms with E-state index in [1.54, 1.807) is 12.1 Å². The van der Waals surface area contributed by atoms with Gasteiger partial charge in [-0.3, -0.25) is 4.79 Å². The van der Waals surface area contributed by atoms with Crippen molar-refractivity contribution in [2.45, 2.75) is 6.10 Å². The SMILES string of the molecule is O=C(O)c1cc2c([nH]1)OC(c1ccco1)C(=O)N2. The van der Waals surface area contributed by atoms with Crippen LogP contribution in [-0.4, -0.2) is 22.0 Å². The number of carbonyl (C=O) groups excluding carboxylic acids is 1. The molecule has 3 heterocycles. The van der Waals surface area contributed by atoms with Crippen LogP contribution in [0.3, 0.4) is 0 Å². The number of anilines is 1. The number of carboxylic acids is 1. The Bertz CT molecular complexity index is 613. The van der Waals surface area contributed by atoms with Crippen molar-refractivity contribution in [3.63, 3.8) is 0 Å². The quantitative estimate of drug-likeness (QED) is 0.744. The standard InChI is InChI=1S/C11H8N2O5/c14-9-8(7-2-1-3-17-7)18-10-5(12-9)4-6(13-10)11(15)16/h1-4,8,13H,(H,12,14)(H,15,16). The first-order chi connectivity index (χ1) is 8.65. The highest BCUT2D eigenvalue weighted by atomic mass is 16.5. The number of carbonyl (C=O) groups is 2. The van der Waals surface area contributed by atoms with Crippen LogP contribution in [0.1, 0.15) is 22.4 Å². The van der Waals surface area contributed by atoms with E-state index in [2.05, 4.69) is 10.3 Å². The topological polar surface area (TPSA) is 105 Å². The van der Waals surface area contributed by atoms with Crippen LogP contribution in [0.2, 0.25) is 0 Å². The largest absolute Gasteiger partial charge is 0.477 e. The highest BCUT2D eigenvalue weighted by Crippen LogP contribution is 2.35. The number of rotatable bonds is 2. The number of fused-ring (bicyclic) bond motifs is 1. The van der Waals surface area contributed by atoms with Crippen LogP contribution in [0.5, 0.6) is 5.88 Å². The normalized spacial score (nSPS) is 17.8. The van der Waals surface area contributed by atoms with Gasteiger partial charge in [0.2, 0.25) is 12.0 Å². The number of nitrogens with one attached hydrogen (secondary N) is 2. The van der Waals surface area contributed by atoms with E-state index in [-0.39, 0.29) is 11.6 Å². The first-order valence-corrected chi connectivity index (χ1v) is 5.12. The minimum absolute atomic E-state index is 0.0552. The Balaban J connectivity index is 1.96. The zero-order valence-corrected chi connectivity index (χ0v) is 8.97. The molecule has 1 aliphatic rings. The zero-order chi connectivity index (χ0) is 12.7. The number of H-pyrrole nitrogens is 1. The van der Waals surface area contributed by atoms with Gasteiger partial charge in [-0.1, -0.05) is 0 Å². The molecule has 1 amide bonds. The van der Waals surface area contributed by atoms with Crippen molar-refractivity contribution in [3.05, 3.63) is 35.9 Å². The lowest BCUT2D eigenvalue weighted by molar-refractivity contribution is -0.124. The minimum atomic E-state index is -1.13. The van der Waals surface area contributed by atoms with Gasteiger partial charge in [-0.2, -0.15) is 0 Å². The van der Waals surface area contributed by atoms with Gasteiger partial charge in [0.05, 0.1) is 6.26 Å². The third-order valence-corrected chi connectivity index (χ3v) is 2.55. The second kappa shape index (κ2) is 3.66. The molecule has 0 fully saturated rings. The molecule has 0 saturated carbocycles. The van der Waals surface area contributed by atoms with Crippen molar-refractivity contribution in [2.75, 3.05) is 5.32 Å². The molecule has 1 unspecified atom stereocenters. The lowest BCUT2D eigenvalue weighted by Crippen LogP contribution is -2.29. The fourth-order valence-electron chi connectivity index (χ4n) is 1.73. The molecule has 0 aromatic carbocycles. The number of aromatic carboxylic acids is 1. The molecule has 7 heteroatoms. The zero-order valence-electron chi connectivity index (χ0n) is 8.97. The van der Waals surface area contributed by atoms with Gasteiger partial charge in [-0.15, -0.1) is 0 Å². The minimum Gasteiger partial charge on any atom is -0.477 e. The van der Waals surface area contributed by atoms with E-state index in [9.17, 15) is 9.59 Å². The predicted octanol–water partition coefficient (Wildman–Crippen LogP) is 1.38. The Kier molecular flexibility index (Phi) is 2.12. The molecule has 0 bridgehead atoms. The molecule has 3 N–H and O–H groups in total. The summed E-state index contributed by atoms with van der Waals surface area (Å²) in [5, 5.41) is 11.4. The van der Waals surface area contributed by atoms with Gasteiger partial charge in [-0.25, -0.2) is 4.79 Å². The molecule has 0 saturated heterocycles. The molecular formula is C11H8N2O5. The Morgan fingerprint density at radius 2 is 2.28 bits per heavy atom. The molecule has 1 atom stereocenters. The molecule has 1 aliphatic heterocycles. The monoisotopic (exact) mass is 248 g/mol. The fourth-order valence-corrected chi connectivity index (χ4v) is 1.73. The molecule has 3 rings (SSSR count). The van der Waals surface area contributed by atoms with Gasteiger partial charge in [-0.05, 0) is 18.2 Å². The summed E-state index contributed by atoms with van der Waals surface area (Å²) in [6, 6.07) is 4.54. The number of ether oxygens (including phenoxy) is 1. The number of amides is 1. The first kappa shape index (κ1) is 10.5. The Morgan fingerprint density at radius 3 is 2.94 bits per heavy atom. The van der Waals surface area contributed by atoms with E-state index in [4.69, 9.17) is 14.3 Å². The van der Waals surface area contributed by atoms with E-state index >= 15 is 0 Å². The van der Waals surface area contributed by atoms with Crippen molar-refractivity contribution in [1.29, 1.82) is 0 Å². The summed E-state index contributed by atoms with van der Waals surface area (Å²) in [5.74, 6) is -0.983. The van der Waals surface area contributed by atoms with Gasteiger partial charge < -0.3 is 24.6 Å². The van der Waals surface area contributed by atoms with Crippen molar-refractivity contribution in [3.8, 4) is 5.88 Å². The Morgan fingerprint density at radius 1 is 1.44 bits per heavy atom. The summed E-state index contributed by atoms with van der Waals surface area (Å²) in [5.41, 5.74) is 0.251. The predicted molar refractivity (Wildman–Crippen MR) is 58.5 cm³/mol. The van der Waals surface area contributed by atoms with E-state index in [0.717, 1.165) is 0 Å². The van der Waals surface area contributed by atoms with Crippen LogP contribution < -0.4 is 10.1 Å². The average Bonchev–Trinajstić information content (AvgIpc) is 2.95. The number of furan rings is 1. The third-order valence-electron chi connectivity index (χ3n) is 2.55. The van der Waals surface area contributed by atoms with Crippen molar-refractivity contribution < 1.29 is 23.8 Å². The van der Waals surface area contributed by atoms with Crippen LogP contribution in [0.4, 0.5) is 5.69 Å². The maximum absolute atomic E-state index is 11.8. The van der Waals surface area contributed by atoms with Crippen LogP contribution in [0, 0.1) is 0 Å². The molecular weight excluding hydrogens is 240 g/mol. The molecule has 0 radical (unpaired) electrons. The average molecular weight is 248 g/mol. The Labute approximate surface area is 100 Å². The maximum Gasteiger partial charge on any atom is 0.352 e. The lowest BCUT2D eigenvalue weighted by atomic mass is 10.2. The molecule has 18 heavy (non-hydrogen) atoms. The number of hydrogen-bond donors (Lipinski definition) is 3. The van der Waals surface area contributed by atoms with Crippen molar-refractivity contribution in [1.82, 2.24) is 4.98 Å². The summed E-state index contributed by atoms with van der Waals surface area (Å²) >= 11 is 0. The van der Waals surface area contributed by atoms with Gasteiger partial charge in [0, 0.05) is 0 Å². The van der Waals surface area contributed by atoms with E-state index in [0.29, 0.717) is 11.4 Å². The van der Waals surface area contributed by atoms with Crippen LogP contribution in [-0.2, 0) is 4.79 Å². The summed E-state index contributed by atoms with van der Waals surface area (Å²) in [6.45, 7) is 0. The second-order valence-corrected chi connectivity index (χ2v) is 3.73. The summed E-state index contributed by atoms with van der Waals surface area (Å²) < 4.78 is 10.5. The summed E-state index contributed by atoms with van der Waals surface area (Å²) in [7, 11) is 0. The third kappa shape index (κ3) is 1.53. The van der Waals surface area contributed by atoms with Crippen LogP contribution in [0.25, 0.3) is 0 Å². The van der Waals surface area contributed by atoms with Gasteiger partial charge in [0.25, 0.3) is 5.91 Å². The maximum atomic E-state index is 11.8. The second-order valence-electron chi connectivity index (χ2n) is 3.73. The number of hydrogen-bond acceptors (Lipinski definition) is 4. The number of carboxylic acid groups (broad SMARTS) is 1. The van der Waals surface area contributed by atoms with Crippen LogP contribution >= 0.6 is 0 Å². The highest BCUT2D eigenvalue weighted by molar-refractivity contribution is 5.99. The van der Waals surface area contributed by atoms with E-state index < -0.39 is 18.0 Å². The smallest absolute Gasteiger partial charge is 0.352 e. The molecule has 2 aromatic rings. The van der Waals surface area contributed by atoms with Gasteiger partial charge >= 0.3 is 5.97 Å². The molecule has 0 aliphatic carbocycles. The molecule has 0 spiro atoms. The fraction of sp³-hybridized carbons (Fsp3) is 0.0909. The molecule has 7 nitrogen and oxygen atoms in total. The molecule has 92 valence electrons. The first-order valence-electron chi connectivity index (χ1n) is 5.12. The van der Waals surface area contributed by atoms with Crippen LogP contribution in [0.15, 0.2) is 28.9 Å². The van der Waals surface area contributed by atoms with Crippen molar-refractivity contribution >= 4 is 17.6 Å². The molecule has 2 aromatic heterocycles.